The van der Waals surface area contributed by atoms with Gasteiger partial charge in [-0.15, -0.1) is 0 Å². The van der Waals surface area contributed by atoms with E-state index in [4.69, 9.17) is 27.9 Å². The normalized spacial score (nSPS) is 11.2. The molecule has 0 fully saturated rings. The summed E-state index contributed by atoms with van der Waals surface area (Å²) in [6, 6.07) is 8.06. The maximum atomic E-state index is 13.5. The molecular weight excluding hydrogens is 388 g/mol. The van der Waals surface area contributed by atoms with E-state index in [9.17, 15) is 19.3 Å². The molecule has 0 saturated carbocycles. The van der Waals surface area contributed by atoms with Gasteiger partial charge in [-0.05, 0) is 25.1 Å². The van der Waals surface area contributed by atoms with Gasteiger partial charge in [-0.1, -0.05) is 35.3 Å². The topological polar surface area (TPSA) is 93.8 Å². The van der Waals surface area contributed by atoms with Crippen LogP contribution in [0.1, 0.15) is 12.5 Å². The Labute approximate surface area is 157 Å². The Hall–Kier alpha value is -2.71. The van der Waals surface area contributed by atoms with Crippen LogP contribution < -0.4 is 10.2 Å². The van der Waals surface area contributed by atoms with Crippen molar-refractivity contribution >= 4 is 40.5 Å². The van der Waals surface area contributed by atoms with Crippen molar-refractivity contribution in [3.63, 3.8) is 0 Å². The lowest BCUT2D eigenvalue weighted by Crippen LogP contribution is -2.26. The zero-order valence-electron chi connectivity index (χ0n) is 13.3. The molecule has 1 N–H and O–H groups in total. The maximum absolute atomic E-state index is 13.5. The van der Waals surface area contributed by atoms with Crippen molar-refractivity contribution in [2.45, 2.75) is 6.92 Å². The highest BCUT2D eigenvalue weighted by molar-refractivity contribution is 6.40. The van der Waals surface area contributed by atoms with Gasteiger partial charge in [0, 0.05) is 11.6 Å². The van der Waals surface area contributed by atoms with E-state index in [1.54, 1.807) is 0 Å². The van der Waals surface area contributed by atoms with E-state index < -0.39 is 23.3 Å². The van der Waals surface area contributed by atoms with Crippen LogP contribution in [-0.4, -0.2) is 23.1 Å². The largest absolute Gasteiger partial charge is 0.477 e. The third kappa shape index (κ3) is 4.68. The minimum Gasteiger partial charge on any atom is -0.477 e. The number of nitro groups is 1. The number of carbonyl (C=O) groups is 1. The van der Waals surface area contributed by atoms with Gasteiger partial charge < -0.3 is 4.74 Å². The van der Waals surface area contributed by atoms with Gasteiger partial charge in [0.05, 0.1) is 20.7 Å². The first kappa shape index (κ1) is 19.6. The van der Waals surface area contributed by atoms with Gasteiger partial charge in [0.1, 0.15) is 5.82 Å². The number of rotatable bonds is 6. The Morgan fingerprint density at radius 3 is 2.69 bits per heavy atom. The highest BCUT2D eigenvalue weighted by Crippen LogP contribution is 2.28. The first-order valence-electron chi connectivity index (χ1n) is 7.14. The number of carbonyl (C=O) groups excluding carboxylic acids is 1. The standard InChI is InChI=1S/C16H12Cl2FN3O4/c1-9(15-10(17)6-7-11(19)16(15)18)20-21-14(23)8-26-13-5-3-2-4-12(13)22(24)25/h2-7H,8H2,1H3,(H,21,23)/b20-9-. The Kier molecular flexibility index (Phi) is 6.48. The number of ether oxygens (including phenoxy) is 1. The molecule has 2 aromatic rings. The van der Waals surface area contributed by atoms with E-state index in [0.717, 1.165) is 6.07 Å². The summed E-state index contributed by atoms with van der Waals surface area (Å²) in [5, 5.41) is 14.6. The average molecular weight is 400 g/mol. The van der Waals surface area contributed by atoms with Crippen molar-refractivity contribution in [1.29, 1.82) is 0 Å². The fourth-order valence-corrected chi connectivity index (χ4v) is 2.61. The van der Waals surface area contributed by atoms with Gasteiger partial charge in [-0.25, -0.2) is 9.82 Å². The first-order valence-corrected chi connectivity index (χ1v) is 7.90. The molecule has 0 radical (unpaired) electrons. The molecule has 0 atom stereocenters. The third-order valence-corrected chi connectivity index (χ3v) is 3.86. The highest BCUT2D eigenvalue weighted by atomic mass is 35.5. The van der Waals surface area contributed by atoms with Crippen molar-refractivity contribution < 1.29 is 18.8 Å². The summed E-state index contributed by atoms with van der Waals surface area (Å²) in [5.41, 5.74) is 2.25. The Bertz CT molecular complexity index is 890. The lowest BCUT2D eigenvalue weighted by molar-refractivity contribution is -0.385. The molecule has 0 bridgehead atoms. The lowest BCUT2D eigenvalue weighted by Gasteiger charge is -2.08. The number of hydrazone groups is 1. The van der Waals surface area contributed by atoms with Crippen LogP contribution >= 0.6 is 23.2 Å². The molecule has 10 heteroatoms. The number of nitro benzene ring substituents is 1. The van der Waals surface area contributed by atoms with Gasteiger partial charge >= 0.3 is 5.69 Å². The molecule has 0 aliphatic carbocycles. The van der Waals surface area contributed by atoms with Gasteiger partial charge in [0.25, 0.3) is 5.91 Å². The summed E-state index contributed by atoms with van der Waals surface area (Å²) in [5.74, 6) is -1.40. The van der Waals surface area contributed by atoms with Gasteiger partial charge in [0.15, 0.2) is 12.4 Å². The summed E-state index contributed by atoms with van der Waals surface area (Å²) in [4.78, 5) is 22.1. The number of hydrogen-bond donors (Lipinski definition) is 1. The van der Waals surface area contributed by atoms with Crippen molar-refractivity contribution in [2.24, 2.45) is 5.10 Å². The van der Waals surface area contributed by atoms with E-state index in [1.165, 1.54) is 37.3 Å². The molecule has 2 rings (SSSR count). The van der Waals surface area contributed by atoms with Crippen molar-refractivity contribution in [3.05, 3.63) is 67.9 Å². The summed E-state index contributed by atoms with van der Waals surface area (Å²) in [6.07, 6.45) is 0. The molecule has 0 saturated heterocycles. The molecule has 0 aliphatic rings. The van der Waals surface area contributed by atoms with Crippen LogP contribution in [0.3, 0.4) is 0 Å². The van der Waals surface area contributed by atoms with Crippen LogP contribution in [0.5, 0.6) is 5.75 Å². The zero-order chi connectivity index (χ0) is 19.3. The molecule has 26 heavy (non-hydrogen) atoms. The van der Waals surface area contributed by atoms with Gasteiger partial charge in [-0.2, -0.15) is 5.10 Å². The summed E-state index contributed by atoms with van der Waals surface area (Å²) < 4.78 is 18.7. The highest BCUT2D eigenvalue weighted by Gasteiger charge is 2.16. The molecule has 0 heterocycles. The lowest BCUT2D eigenvalue weighted by atomic mass is 10.1. The minimum absolute atomic E-state index is 0.0513. The monoisotopic (exact) mass is 399 g/mol. The third-order valence-electron chi connectivity index (χ3n) is 3.17. The predicted octanol–water partition coefficient (Wildman–Crippen LogP) is 3.96. The number of para-hydroxylation sites is 2. The Morgan fingerprint density at radius 1 is 1.31 bits per heavy atom. The maximum Gasteiger partial charge on any atom is 0.310 e. The molecule has 2 aromatic carbocycles. The van der Waals surface area contributed by atoms with Crippen molar-refractivity contribution in [1.82, 2.24) is 5.43 Å². The second kappa shape index (κ2) is 8.59. The van der Waals surface area contributed by atoms with Crippen LogP contribution in [0.15, 0.2) is 41.5 Å². The Balaban J connectivity index is 2.04. The van der Waals surface area contributed by atoms with Gasteiger partial charge in [0.2, 0.25) is 0 Å². The second-order valence-electron chi connectivity index (χ2n) is 4.96. The van der Waals surface area contributed by atoms with E-state index in [-0.39, 0.29) is 32.8 Å². The smallest absolute Gasteiger partial charge is 0.310 e. The van der Waals surface area contributed by atoms with Crippen molar-refractivity contribution in [2.75, 3.05) is 6.61 Å². The minimum atomic E-state index is -0.675. The van der Waals surface area contributed by atoms with Gasteiger partial charge in [-0.3, -0.25) is 14.9 Å². The average Bonchev–Trinajstić information content (AvgIpc) is 2.61. The summed E-state index contributed by atoms with van der Waals surface area (Å²) in [7, 11) is 0. The van der Waals surface area contributed by atoms with E-state index in [0.29, 0.717) is 0 Å². The quantitative estimate of drug-likeness (QED) is 0.344. The zero-order valence-corrected chi connectivity index (χ0v) is 14.8. The SMILES string of the molecule is C/C(=N/NC(=O)COc1ccccc1[N+](=O)[O-])c1c(Cl)ccc(F)c1Cl. The van der Waals surface area contributed by atoms with E-state index >= 15 is 0 Å². The number of nitrogens with zero attached hydrogens (tertiary/aromatic N) is 2. The molecule has 7 nitrogen and oxygen atoms in total. The van der Waals surface area contributed by atoms with E-state index in [1.807, 2.05) is 0 Å². The van der Waals surface area contributed by atoms with Crippen LogP contribution in [0.4, 0.5) is 10.1 Å². The number of halogens is 3. The number of amides is 1. The molecule has 136 valence electrons. The van der Waals surface area contributed by atoms with Crippen LogP contribution in [-0.2, 0) is 4.79 Å². The van der Waals surface area contributed by atoms with Crippen LogP contribution in [0, 0.1) is 15.9 Å². The number of hydrogen-bond acceptors (Lipinski definition) is 5. The van der Waals surface area contributed by atoms with Crippen LogP contribution in [0.2, 0.25) is 10.0 Å². The predicted molar refractivity (Wildman–Crippen MR) is 95.4 cm³/mol. The first-order chi connectivity index (χ1) is 12.3. The number of benzene rings is 2. The fourth-order valence-electron chi connectivity index (χ4n) is 1.97. The summed E-state index contributed by atoms with van der Waals surface area (Å²) >= 11 is 11.8. The second-order valence-corrected chi connectivity index (χ2v) is 5.75. The molecule has 0 aliphatic heterocycles. The van der Waals surface area contributed by atoms with E-state index in [2.05, 4.69) is 10.5 Å². The fraction of sp³-hybridized carbons (Fsp3) is 0.125. The summed E-state index contributed by atoms with van der Waals surface area (Å²) in [6.45, 7) is 0.974. The molecule has 0 spiro atoms. The number of nitrogens with one attached hydrogen (secondary N) is 1. The molecular formula is C16H12Cl2FN3O4. The van der Waals surface area contributed by atoms with Crippen LogP contribution in [0.25, 0.3) is 0 Å². The van der Waals surface area contributed by atoms with Crippen molar-refractivity contribution in [3.8, 4) is 5.75 Å². The molecule has 0 unspecified atom stereocenters. The molecule has 0 aromatic heterocycles. The Morgan fingerprint density at radius 2 is 2.00 bits per heavy atom. The molecule has 1 amide bonds.